The maximum Gasteiger partial charge on any atom is 0.307 e. The van der Waals surface area contributed by atoms with E-state index in [1.54, 1.807) is 0 Å². The second-order valence-corrected chi connectivity index (χ2v) is 7.47. The van der Waals surface area contributed by atoms with Crippen LogP contribution >= 0.6 is 0 Å². The fraction of sp³-hybridized carbons (Fsp3) is 0.500. The molecule has 0 amide bonds. The molecule has 21 heavy (non-hydrogen) atoms. The topological polar surface area (TPSA) is 77.9 Å². The van der Waals surface area contributed by atoms with Crippen LogP contribution in [0.3, 0.4) is 0 Å². The lowest BCUT2D eigenvalue weighted by Gasteiger charge is -2.31. The van der Waals surface area contributed by atoms with Crippen LogP contribution in [0.25, 0.3) is 0 Å². The maximum atomic E-state index is 12.6. The van der Waals surface area contributed by atoms with Gasteiger partial charge in [0.15, 0.2) is 0 Å². The number of nitrogens with zero attached hydrogens (tertiary/aromatic N) is 2. The summed E-state index contributed by atoms with van der Waals surface area (Å²) >= 11 is 0. The SMILES string of the molecule is O=C(O)C1CCN(S(=O)(=O)N2CCc3ccccc3C2)C1. The monoisotopic (exact) mass is 310 g/mol. The van der Waals surface area contributed by atoms with Gasteiger partial charge in [0.25, 0.3) is 10.2 Å². The Morgan fingerprint density at radius 1 is 1.14 bits per heavy atom. The predicted octanol–water partition coefficient (Wildman–Crippen LogP) is 0.696. The second-order valence-electron chi connectivity index (χ2n) is 5.54. The van der Waals surface area contributed by atoms with E-state index in [2.05, 4.69) is 0 Å². The van der Waals surface area contributed by atoms with Gasteiger partial charge in [-0.3, -0.25) is 4.79 Å². The Morgan fingerprint density at radius 2 is 1.86 bits per heavy atom. The highest BCUT2D eigenvalue weighted by molar-refractivity contribution is 7.86. The van der Waals surface area contributed by atoms with E-state index in [1.165, 1.54) is 14.2 Å². The second kappa shape index (κ2) is 5.40. The molecule has 1 fully saturated rings. The lowest BCUT2D eigenvalue weighted by Crippen LogP contribution is -2.45. The van der Waals surface area contributed by atoms with Crippen LogP contribution in [0.5, 0.6) is 0 Å². The molecule has 0 radical (unpaired) electrons. The maximum absolute atomic E-state index is 12.6. The van der Waals surface area contributed by atoms with Crippen LogP contribution in [0, 0.1) is 5.92 Å². The molecule has 7 heteroatoms. The lowest BCUT2D eigenvalue weighted by atomic mass is 10.0. The summed E-state index contributed by atoms with van der Waals surface area (Å²) in [4.78, 5) is 11.0. The van der Waals surface area contributed by atoms with Crippen molar-refractivity contribution in [3.8, 4) is 0 Å². The van der Waals surface area contributed by atoms with Gasteiger partial charge in [-0.15, -0.1) is 0 Å². The standard InChI is InChI=1S/C14H18N2O4S/c17-14(18)13-6-8-16(10-13)21(19,20)15-7-5-11-3-1-2-4-12(11)9-15/h1-4,13H,5-10H2,(H,17,18). The fourth-order valence-electron chi connectivity index (χ4n) is 2.97. The number of carboxylic acid groups (broad SMARTS) is 1. The van der Waals surface area contributed by atoms with Crippen molar-refractivity contribution in [3.63, 3.8) is 0 Å². The predicted molar refractivity (Wildman–Crippen MR) is 76.8 cm³/mol. The molecule has 3 rings (SSSR count). The normalized spacial score (nSPS) is 23.9. The molecule has 1 saturated heterocycles. The third-order valence-corrected chi connectivity index (χ3v) is 6.20. The number of fused-ring (bicyclic) bond motifs is 1. The number of aliphatic carboxylic acids is 1. The first-order chi connectivity index (χ1) is 9.98. The van der Waals surface area contributed by atoms with Crippen LogP contribution < -0.4 is 0 Å². The van der Waals surface area contributed by atoms with Crippen molar-refractivity contribution in [1.82, 2.24) is 8.61 Å². The van der Waals surface area contributed by atoms with Crippen LogP contribution in [0.2, 0.25) is 0 Å². The molecule has 0 aliphatic carbocycles. The van der Waals surface area contributed by atoms with E-state index in [0.29, 0.717) is 25.9 Å². The van der Waals surface area contributed by atoms with Gasteiger partial charge in [-0.25, -0.2) is 0 Å². The molecule has 0 spiro atoms. The van der Waals surface area contributed by atoms with Crippen LogP contribution in [0.4, 0.5) is 0 Å². The molecule has 1 N–H and O–H groups in total. The summed E-state index contributed by atoms with van der Waals surface area (Å²) in [5, 5.41) is 9.00. The van der Waals surface area contributed by atoms with Gasteiger partial charge in [-0.2, -0.15) is 17.0 Å². The third kappa shape index (κ3) is 2.68. The average molecular weight is 310 g/mol. The summed E-state index contributed by atoms with van der Waals surface area (Å²) < 4.78 is 28.0. The van der Waals surface area contributed by atoms with Crippen molar-refractivity contribution < 1.29 is 18.3 Å². The molecule has 1 unspecified atom stereocenters. The minimum Gasteiger partial charge on any atom is -0.481 e. The molecule has 1 aromatic carbocycles. The molecule has 2 aliphatic heterocycles. The average Bonchev–Trinajstić information content (AvgIpc) is 2.97. The molecule has 0 aromatic heterocycles. The van der Waals surface area contributed by atoms with Crippen LogP contribution in [-0.4, -0.2) is 47.7 Å². The number of carbonyl (C=O) groups is 1. The molecule has 6 nitrogen and oxygen atoms in total. The van der Waals surface area contributed by atoms with Crippen LogP contribution in [0.1, 0.15) is 17.5 Å². The summed E-state index contributed by atoms with van der Waals surface area (Å²) in [6.07, 6.45) is 1.09. The van der Waals surface area contributed by atoms with Crippen molar-refractivity contribution in [2.75, 3.05) is 19.6 Å². The summed E-state index contributed by atoms with van der Waals surface area (Å²) in [6.45, 7) is 1.19. The van der Waals surface area contributed by atoms with Crippen molar-refractivity contribution in [2.24, 2.45) is 5.92 Å². The summed E-state index contributed by atoms with van der Waals surface area (Å²) in [5.41, 5.74) is 2.22. The van der Waals surface area contributed by atoms with Crippen molar-refractivity contribution >= 4 is 16.2 Å². The van der Waals surface area contributed by atoms with Gasteiger partial charge in [0, 0.05) is 26.2 Å². The summed E-state index contributed by atoms with van der Waals surface area (Å²) in [6, 6.07) is 7.84. The fourth-order valence-corrected chi connectivity index (χ4v) is 4.62. The minimum atomic E-state index is -3.57. The third-order valence-electron chi connectivity index (χ3n) is 4.25. The zero-order valence-electron chi connectivity index (χ0n) is 11.6. The zero-order valence-corrected chi connectivity index (χ0v) is 12.4. The largest absolute Gasteiger partial charge is 0.481 e. The number of hydrogen-bond donors (Lipinski definition) is 1. The molecule has 0 bridgehead atoms. The van der Waals surface area contributed by atoms with Crippen molar-refractivity contribution in [2.45, 2.75) is 19.4 Å². The van der Waals surface area contributed by atoms with Crippen LogP contribution in [0.15, 0.2) is 24.3 Å². The van der Waals surface area contributed by atoms with Crippen molar-refractivity contribution in [1.29, 1.82) is 0 Å². The Balaban J connectivity index is 1.77. The van der Waals surface area contributed by atoms with Gasteiger partial charge < -0.3 is 5.11 Å². The smallest absolute Gasteiger partial charge is 0.307 e. The van der Waals surface area contributed by atoms with E-state index in [-0.39, 0.29) is 13.1 Å². The molecule has 1 aromatic rings. The summed E-state index contributed by atoms with van der Waals surface area (Å²) in [7, 11) is -3.57. The number of hydrogen-bond acceptors (Lipinski definition) is 3. The van der Waals surface area contributed by atoms with E-state index in [0.717, 1.165) is 5.56 Å². The molecule has 2 heterocycles. The highest BCUT2D eigenvalue weighted by Crippen LogP contribution is 2.26. The van der Waals surface area contributed by atoms with E-state index in [9.17, 15) is 13.2 Å². The lowest BCUT2D eigenvalue weighted by molar-refractivity contribution is -0.141. The quantitative estimate of drug-likeness (QED) is 0.891. The number of benzene rings is 1. The van der Waals surface area contributed by atoms with Crippen molar-refractivity contribution in [3.05, 3.63) is 35.4 Å². The first-order valence-electron chi connectivity index (χ1n) is 7.03. The van der Waals surface area contributed by atoms with E-state index >= 15 is 0 Å². The van der Waals surface area contributed by atoms with Gasteiger partial charge in [-0.1, -0.05) is 24.3 Å². The molecule has 0 saturated carbocycles. The Labute approximate surface area is 124 Å². The zero-order chi connectivity index (χ0) is 15.0. The first kappa shape index (κ1) is 14.5. The van der Waals surface area contributed by atoms with Crippen LogP contribution in [-0.2, 0) is 28.0 Å². The highest BCUT2D eigenvalue weighted by Gasteiger charge is 2.38. The highest BCUT2D eigenvalue weighted by atomic mass is 32.2. The van der Waals surface area contributed by atoms with E-state index in [4.69, 9.17) is 5.11 Å². The Bertz CT molecular complexity index is 659. The number of carboxylic acids is 1. The van der Waals surface area contributed by atoms with Gasteiger partial charge in [0.05, 0.1) is 5.92 Å². The Morgan fingerprint density at radius 3 is 2.52 bits per heavy atom. The molecule has 1 atom stereocenters. The summed E-state index contributed by atoms with van der Waals surface area (Å²) in [5.74, 6) is -1.51. The van der Waals surface area contributed by atoms with Gasteiger partial charge in [0.2, 0.25) is 0 Å². The van der Waals surface area contributed by atoms with E-state index in [1.807, 2.05) is 24.3 Å². The van der Waals surface area contributed by atoms with Gasteiger partial charge in [0.1, 0.15) is 0 Å². The molecular formula is C14H18N2O4S. The van der Waals surface area contributed by atoms with E-state index < -0.39 is 22.1 Å². The van der Waals surface area contributed by atoms with Gasteiger partial charge in [-0.05, 0) is 24.0 Å². The molecule has 2 aliphatic rings. The molecular weight excluding hydrogens is 292 g/mol. The molecule has 114 valence electrons. The number of rotatable bonds is 3. The Hall–Kier alpha value is -1.44. The van der Waals surface area contributed by atoms with Gasteiger partial charge >= 0.3 is 5.97 Å². The first-order valence-corrected chi connectivity index (χ1v) is 8.43. The Kier molecular flexibility index (Phi) is 3.73. The minimum absolute atomic E-state index is 0.0792.